The highest BCUT2D eigenvalue weighted by Crippen LogP contribution is 2.21. The van der Waals surface area contributed by atoms with Crippen LogP contribution in [0.4, 0.5) is 21.9 Å². The van der Waals surface area contributed by atoms with Crippen LogP contribution in [0.2, 0.25) is 0 Å². The van der Waals surface area contributed by atoms with Gasteiger partial charge in [0.2, 0.25) is 0 Å². The number of aryl methyl sites for hydroxylation is 1. The van der Waals surface area contributed by atoms with Gasteiger partial charge in [-0.25, -0.2) is 4.79 Å². The highest BCUT2D eigenvalue weighted by Gasteiger charge is 2.06. The number of urea groups is 1. The number of benzene rings is 2. The number of carbonyl (C=O) groups is 1. The number of para-hydroxylation sites is 2. The molecule has 4 heteroatoms. The van der Waals surface area contributed by atoms with E-state index < -0.39 is 0 Å². The minimum absolute atomic E-state index is 0.239. The lowest BCUT2D eigenvalue weighted by Crippen LogP contribution is -2.20. The van der Waals surface area contributed by atoms with Crippen LogP contribution < -0.4 is 16.0 Å². The maximum Gasteiger partial charge on any atom is 0.323 e. The Balaban J connectivity index is 1.93. The third-order valence-corrected chi connectivity index (χ3v) is 3.58. The van der Waals surface area contributed by atoms with Crippen molar-refractivity contribution >= 4 is 23.1 Å². The van der Waals surface area contributed by atoms with Crippen molar-refractivity contribution in [2.45, 2.75) is 33.1 Å². The molecule has 0 saturated heterocycles. The Kier molecular flexibility index (Phi) is 6.48. The molecule has 2 amide bonds. The van der Waals surface area contributed by atoms with Crippen molar-refractivity contribution in [2.75, 3.05) is 22.5 Å². The summed E-state index contributed by atoms with van der Waals surface area (Å²) >= 11 is 0. The minimum Gasteiger partial charge on any atom is -0.383 e. The third kappa shape index (κ3) is 5.66. The van der Waals surface area contributed by atoms with Gasteiger partial charge in [0, 0.05) is 12.2 Å². The molecule has 0 saturated carbocycles. The molecule has 0 aromatic heterocycles. The largest absolute Gasteiger partial charge is 0.383 e. The Morgan fingerprint density at radius 2 is 1.61 bits per heavy atom. The van der Waals surface area contributed by atoms with Gasteiger partial charge in [0.25, 0.3) is 0 Å². The molecule has 2 aromatic carbocycles. The zero-order chi connectivity index (χ0) is 16.5. The molecule has 0 aliphatic rings. The Morgan fingerprint density at radius 1 is 0.913 bits per heavy atom. The quantitative estimate of drug-likeness (QED) is 0.612. The number of hydrogen-bond acceptors (Lipinski definition) is 2. The van der Waals surface area contributed by atoms with Crippen LogP contribution in [-0.2, 0) is 0 Å². The predicted molar refractivity (Wildman–Crippen MR) is 98.3 cm³/mol. The summed E-state index contributed by atoms with van der Waals surface area (Å²) in [7, 11) is 0. The fourth-order valence-electron chi connectivity index (χ4n) is 2.27. The summed E-state index contributed by atoms with van der Waals surface area (Å²) in [5.74, 6) is 0. The zero-order valence-corrected chi connectivity index (χ0v) is 13.9. The number of nitrogens with one attached hydrogen (secondary N) is 3. The molecule has 2 aromatic rings. The van der Waals surface area contributed by atoms with Crippen molar-refractivity contribution in [3.63, 3.8) is 0 Å². The number of unbranched alkanes of at least 4 members (excludes halogenated alkanes) is 2. The fraction of sp³-hybridized carbons (Fsp3) is 0.316. The normalized spacial score (nSPS) is 10.2. The maximum absolute atomic E-state index is 12.1. The maximum atomic E-state index is 12.1. The van der Waals surface area contributed by atoms with Crippen LogP contribution in [-0.4, -0.2) is 12.6 Å². The molecule has 0 bridgehead atoms. The van der Waals surface area contributed by atoms with Crippen molar-refractivity contribution in [2.24, 2.45) is 0 Å². The molecule has 0 heterocycles. The highest BCUT2D eigenvalue weighted by molar-refractivity contribution is 6.01. The first-order valence-electron chi connectivity index (χ1n) is 8.16. The first-order valence-corrected chi connectivity index (χ1v) is 8.16. The Labute approximate surface area is 138 Å². The first kappa shape index (κ1) is 16.9. The summed E-state index contributed by atoms with van der Waals surface area (Å²) in [5, 5.41) is 9.13. The molecule has 0 fully saturated rings. The number of carbonyl (C=O) groups excluding carboxylic acids is 1. The zero-order valence-electron chi connectivity index (χ0n) is 13.9. The number of hydrogen-bond donors (Lipinski definition) is 3. The van der Waals surface area contributed by atoms with Gasteiger partial charge in [0.1, 0.15) is 0 Å². The second-order valence-electron chi connectivity index (χ2n) is 5.62. The van der Waals surface area contributed by atoms with Gasteiger partial charge in [0.15, 0.2) is 0 Å². The topological polar surface area (TPSA) is 53.2 Å². The van der Waals surface area contributed by atoms with Crippen LogP contribution in [0.25, 0.3) is 0 Å². The lowest BCUT2D eigenvalue weighted by molar-refractivity contribution is 0.262. The van der Waals surface area contributed by atoms with E-state index in [4.69, 9.17) is 0 Å². The standard InChI is InChI=1S/C19H25N3O/c1-3-4-7-14-20-17-8-5-6-9-18(17)22-19(23)21-16-12-10-15(2)11-13-16/h5-6,8-13,20H,3-4,7,14H2,1-2H3,(H2,21,22,23). The van der Waals surface area contributed by atoms with E-state index in [1.165, 1.54) is 12.8 Å². The van der Waals surface area contributed by atoms with Crippen molar-refractivity contribution in [3.05, 3.63) is 54.1 Å². The minimum atomic E-state index is -0.239. The smallest absolute Gasteiger partial charge is 0.323 e. The Bertz CT molecular complexity index is 623. The van der Waals surface area contributed by atoms with Crippen LogP contribution in [0.15, 0.2) is 48.5 Å². The number of amides is 2. The van der Waals surface area contributed by atoms with E-state index in [1.54, 1.807) is 0 Å². The molecule has 2 rings (SSSR count). The van der Waals surface area contributed by atoms with Gasteiger partial charge in [-0.1, -0.05) is 49.6 Å². The molecular formula is C19H25N3O. The second-order valence-corrected chi connectivity index (χ2v) is 5.62. The van der Waals surface area contributed by atoms with Crippen LogP contribution in [0.3, 0.4) is 0 Å². The van der Waals surface area contributed by atoms with Crippen molar-refractivity contribution in [3.8, 4) is 0 Å². The summed E-state index contributed by atoms with van der Waals surface area (Å²) in [6.07, 6.45) is 3.53. The lowest BCUT2D eigenvalue weighted by Gasteiger charge is -2.13. The average molecular weight is 311 g/mol. The molecule has 0 atom stereocenters. The number of rotatable bonds is 7. The molecule has 0 unspecified atom stereocenters. The monoisotopic (exact) mass is 311 g/mol. The molecule has 3 N–H and O–H groups in total. The average Bonchev–Trinajstić information content (AvgIpc) is 2.55. The van der Waals surface area contributed by atoms with Gasteiger partial charge >= 0.3 is 6.03 Å². The molecule has 0 aliphatic carbocycles. The molecular weight excluding hydrogens is 286 g/mol. The summed E-state index contributed by atoms with van der Waals surface area (Å²) in [5.41, 5.74) is 3.68. The Morgan fingerprint density at radius 3 is 2.30 bits per heavy atom. The molecule has 0 radical (unpaired) electrons. The van der Waals surface area contributed by atoms with Crippen molar-refractivity contribution in [1.82, 2.24) is 0 Å². The van der Waals surface area contributed by atoms with Crippen molar-refractivity contribution in [1.29, 1.82) is 0 Å². The van der Waals surface area contributed by atoms with E-state index in [0.717, 1.165) is 35.6 Å². The van der Waals surface area contributed by atoms with Gasteiger partial charge < -0.3 is 16.0 Å². The number of anilines is 3. The second kappa shape index (κ2) is 8.83. The molecule has 0 aliphatic heterocycles. The molecule has 0 spiro atoms. The van der Waals surface area contributed by atoms with Crippen LogP contribution in [0.5, 0.6) is 0 Å². The fourth-order valence-corrected chi connectivity index (χ4v) is 2.27. The molecule has 23 heavy (non-hydrogen) atoms. The van der Waals surface area contributed by atoms with Crippen molar-refractivity contribution < 1.29 is 4.79 Å². The lowest BCUT2D eigenvalue weighted by atomic mass is 10.2. The van der Waals surface area contributed by atoms with E-state index in [0.29, 0.717) is 0 Å². The molecule has 4 nitrogen and oxygen atoms in total. The van der Waals surface area contributed by atoms with E-state index in [-0.39, 0.29) is 6.03 Å². The molecule has 122 valence electrons. The SMILES string of the molecule is CCCCCNc1ccccc1NC(=O)Nc1ccc(C)cc1. The van der Waals surface area contributed by atoms with Crippen LogP contribution in [0.1, 0.15) is 31.7 Å². The Hall–Kier alpha value is -2.49. The van der Waals surface area contributed by atoms with E-state index in [9.17, 15) is 4.79 Å². The predicted octanol–water partition coefficient (Wildman–Crippen LogP) is 5.24. The summed E-state index contributed by atoms with van der Waals surface area (Å²) in [6, 6.07) is 15.2. The first-order chi connectivity index (χ1) is 11.2. The highest BCUT2D eigenvalue weighted by atomic mass is 16.2. The van der Waals surface area contributed by atoms with E-state index in [2.05, 4.69) is 22.9 Å². The van der Waals surface area contributed by atoms with Gasteiger partial charge in [0.05, 0.1) is 11.4 Å². The van der Waals surface area contributed by atoms with E-state index in [1.807, 2.05) is 55.5 Å². The third-order valence-electron chi connectivity index (χ3n) is 3.58. The van der Waals surface area contributed by atoms with Crippen LogP contribution >= 0.6 is 0 Å². The van der Waals surface area contributed by atoms with Crippen LogP contribution in [0, 0.1) is 6.92 Å². The summed E-state index contributed by atoms with van der Waals surface area (Å²) in [4.78, 5) is 12.1. The van der Waals surface area contributed by atoms with Gasteiger partial charge in [-0.05, 0) is 37.6 Å². The van der Waals surface area contributed by atoms with Gasteiger partial charge in [-0.15, -0.1) is 0 Å². The van der Waals surface area contributed by atoms with E-state index >= 15 is 0 Å². The summed E-state index contributed by atoms with van der Waals surface area (Å²) < 4.78 is 0. The summed E-state index contributed by atoms with van der Waals surface area (Å²) in [6.45, 7) is 5.11. The van der Waals surface area contributed by atoms with Gasteiger partial charge in [-0.3, -0.25) is 0 Å². The van der Waals surface area contributed by atoms with Gasteiger partial charge in [-0.2, -0.15) is 0 Å².